The Morgan fingerprint density at radius 3 is 2.47 bits per heavy atom. The monoisotopic (exact) mass is 207 g/mol. The highest BCUT2D eigenvalue weighted by Gasteiger charge is 2.23. The van der Waals surface area contributed by atoms with Crippen LogP contribution in [0.4, 0.5) is 0 Å². The minimum Gasteiger partial charge on any atom is -0.454 e. The number of carbonyl (C=O) groups excluding carboxylic acids is 2. The molecule has 0 saturated carbocycles. The second kappa shape index (κ2) is 4.21. The predicted octanol–water partition coefficient (Wildman–Crippen LogP) is 1.61. The third-order valence-electron chi connectivity index (χ3n) is 1.51. The maximum atomic E-state index is 11.5. The van der Waals surface area contributed by atoms with Crippen LogP contribution in [0.3, 0.4) is 0 Å². The topological polar surface area (TPSA) is 56.3 Å². The standard InChI is InChI=1S/C11H13NO3/c1-11(2,3)15-10(14)9(13)8-5-4-6-12-7-8/h4-7H,1-3H3. The fourth-order valence-corrected chi connectivity index (χ4v) is 0.939. The highest BCUT2D eigenvalue weighted by atomic mass is 16.6. The minimum atomic E-state index is -0.851. The molecule has 0 aliphatic heterocycles. The van der Waals surface area contributed by atoms with E-state index >= 15 is 0 Å². The van der Waals surface area contributed by atoms with E-state index < -0.39 is 17.4 Å². The van der Waals surface area contributed by atoms with Crippen molar-refractivity contribution >= 4 is 11.8 Å². The van der Waals surface area contributed by atoms with Gasteiger partial charge in [0.2, 0.25) is 0 Å². The fraction of sp³-hybridized carbons (Fsp3) is 0.364. The van der Waals surface area contributed by atoms with Crippen molar-refractivity contribution in [2.45, 2.75) is 26.4 Å². The van der Waals surface area contributed by atoms with Crippen molar-refractivity contribution in [2.24, 2.45) is 0 Å². The number of aromatic nitrogens is 1. The van der Waals surface area contributed by atoms with Crippen LogP contribution in [0.15, 0.2) is 24.5 Å². The number of rotatable bonds is 2. The molecule has 0 aliphatic rings. The summed E-state index contributed by atoms with van der Waals surface area (Å²) in [5, 5.41) is 0. The van der Waals surface area contributed by atoms with Crippen molar-refractivity contribution < 1.29 is 14.3 Å². The first-order valence-electron chi connectivity index (χ1n) is 4.58. The van der Waals surface area contributed by atoms with Gasteiger partial charge in [-0.2, -0.15) is 0 Å². The van der Waals surface area contributed by atoms with Crippen molar-refractivity contribution in [1.82, 2.24) is 4.98 Å². The molecule has 0 bridgehead atoms. The molecule has 4 nitrogen and oxygen atoms in total. The molecule has 0 spiro atoms. The first kappa shape index (κ1) is 11.4. The second-order valence-corrected chi connectivity index (χ2v) is 4.07. The largest absolute Gasteiger partial charge is 0.454 e. The van der Waals surface area contributed by atoms with Gasteiger partial charge in [0.15, 0.2) is 0 Å². The van der Waals surface area contributed by atoms with E-state index in [0.717, 1.165) is 0 Å². The van der Waals surface area contributed by atoms with Gasteiger partial charge < -0.3 is 4.74 Å². The van der Waals surface area contributed by atoms with Crippen LogP contribution >= 0.6 is 0 Å². The molecule has 0 amide bonds. The first-order chi connectivity index (χ1) is 6.90. The van der Waals surface area contributed by atoms with E-state index in [1.165, 1.54) is 18.5 Å². The summed E-state index contributed by atoms with van der Waals surface area (Å²) in [6.45, 7) is 5.13. The van der Waals surface area contributed by atoms with Crippen molar-refractivity contribution in [2.75, 3.05) is 0 Å². The van der Waals surface area contributed by atoms with Crippen LogP contribution in [0.2, 0.25) is 0 Å². The molecular weight excluding hydrogens is 194 g/mol. The molecule has 15 heavy (non-hydrogen) atoms. The molecular formula is C11H13NO3. The second-order valence-electron chi connectivity index (χ2n) is 4.07. The first-order valence-corrected chi connectivity index (χ1v) is 4.58. The SMILES string of the molecule is CC(C)(C)OC(=O)C(=O)c1cccnc1. The maximum Gasteiger partial charge on any atom is 0.380 e. The fourth-order valence-electron chi connectivity index (χ4n) is 0.939. The number of nitrogens with zero attached hydrogens (tertiary/aromatic N) is 1. The van der Waals surface area contributed by atoms with Gasteiger partial charge in [-0.3, -0.25) is 9.78 Å². The lowest BCUT2D eigenvalue weighted by Crippen LogP contribution is -2.29. The van der Waals surface area contributed by atoms with Crippen molar-refractivity contribution in [3.05, 3.63) is 30.1 Å². The molecule has 1 heterocycles. The maximum absolute atomic E-state index is 11.5. The van der Waals surface area contributed by atoms with E-state index in [0.29, 0.717) is 0 Å². The van der Waals surface area contributed by atoms with Crippen LogP contribution in [0, 0.1) is 0 Å². The summed E-state index contributed by atoms with van der Waals surface area (Å²) < 4.78 is 4.94. The Balaban J connectivity index is 2.75. The number of ketones is 1. The molecule has 0 radical (unpaired) electrons. The van der Waals surface area contributed by atoms with Gasteiger partial charge in [0.05, 0.1) is 0 Å². The predicted molar refractivity (Wildman–Crippen MR) is 54.4 cm³/mol. The zero-order valence-electron chi connectivity index (χ0n) is 8.98. The van der Waals surface area contributed by atoms with Crippen molar-refractivity contribution in [3.8, 4) is 0 Å². The van der Waals surface area contributed by atoms with Crippen molar-refractivity contribution in [3.63, 3.8) is 0 Å². The summed E-state index contributed by atoms with van der Waals surface area (Å²) >= 11 is 0. The molecule has 80 valence electrons. The number of Topliss-reactive ketones (excluding diaryl/α,β-unsaturated/α-hetero) is 1. The summed E-state index contributed by atoms with van der Waals surface area (Å²) in [4.78, 5) is 26.6. The normalized spacial score (nSPS) is 10.9. The third kappa shape index (κ3) is 3.50. The lowest BCUT2D eigenvalue weighted by molar-refractivity contribution is -0.148. The summed E-state index contributed by atoms with van der Waals surface area (Å²) in [5.41, 5.74) is -0.415. The summed E-state index contributed by atoms with van der Waals surface area (Å²) in [7, 11) is 0. The lowest BCUT2D eigenvalue weighted by Gasteiger charge is -2.18. The zero-order chi connectivity index (χ0) is 11.5. The Bertz CT molecular complexity index is 365. The van der Waals surface area contributed by atoms with E-state index in [4.69, 9.17) is 4.74 Å². The van der Waals surface area contributed by atoms with Crippen molar-refractivity contribution in [1.29, 1.82) is 0 Å². The number of esters is 1. The van der Waals surface area contributed by atoms with Gasteiger partial charge >= 0.3 is 5.97 Å². The van der Waals surface area contributed by atoms with Gasteiger partial charge in [-0.05, 0) is 32.9 Å². The van der Waals surface area contributed by atoms with Crippen LogP contribution in [-0.4, -0.2) is 22.3 Å². The van der Waals surface area contributed by atoms with Crippen LogP contribution in [-0.2, 0) is 9.53 Å². The Morgan fingerprint density at radius 2 is 2.00 bits per heavy atom. The Morgan fingerprint density at radius 1 is 1.33 bits per heavy atom. The van der Waals surface area contributed by atoms with Gasteiger partial charge in [0.25, 0.3) is 5.78 Å². The molecule has 0 N–H and O–H groups in total. The summed E-state index contributed by atoms with van der Waals surface area (Å²) in [6, 6.07) is 3.12. The molecule has 4 heteroatoms. The molecule has 0 saturated heterocycles. The van der Waals surface area contributed by atoms with E-state index in [-0.39, 0.29) is 5.56 Å². The van der Waals surface area contributed by atoms with Crippen LogP contribution in [0.25, 0.3) is 0 Å². The van der Waals surface area contributed by atoms with E-state index in [2.05, 4.69) is 4.98 Å². The van der Waals surface area contributed by atoms with Crippen LogP contribution in [0.1, 0.15) is 31.1 Å². The number of hydrogen-bond acceptors (Lipinski definition) is 4. The quantitative estimate of drug-likeness (QED) is 0.420. The summed E-state index contributed by atoms with van der Waals surface area (Å²) in [6.07, 6.45) is 2.87. The van der Waals surface area contributed by atoms with Gasteiger partial charge in [0, 0.05) is 18.0 Å². The van der Waals surface area contributed by atoms with Crippen LogP contribution < -0.4 is 0 Å². The molecule has 0 fully saturated rings. The summed E-state index contributed by atoms with van der Waals surface area (Å²) in [5.74, 6) is -1.52. The molecule has 0 atom stereocenters. The highest BCUT2D eigenvalue weighted by molar-refractivity contribution is 6.40. The highest BCUT2D eigenvalue weighted by Crippen LogP contribution is 2.09. The average molecular weight is 207 g/mol. The minimum absolute atomic E-state index is 0.242. The number of hydrogen-bond donors (Lipinski definition) is 0. The number of pyridine rings is 1. The Kier molecular flexibility index (Phi) is 3.19. The van der Waals surface area contributed by atoms with Gasteiger partial charge in [-0.15, -0.1) is 0 Å². The average Bonchev–Trinajstić information content (AvgIpc) is 2.15. The van der Waals surface area contributed by atoms with Crippen LogP contribution in [0.5, 0.6) is 0 Å². The lowest BCUT2D eigenvalue weighted by atomic mass is 10.1. The van der Waals surface area contributed by atoms with E-state index in [1.807, 2.05) is 0 Å². The third-order valence-corrected chi connectivity index (χ3v) is 1.51. The smallest absolute Gasteiger partial charge is 0.380 e. The molecule has 1 aromatic rings. The van der Waals surface area contributed by atoms with Gasteiger partial charge in [0.1, 0.15) is 5.60 Å². The Labute approximate surface area is 88.3 Å². The van der Waals surface area contributed by atoms with Gasteiger partial charge in [-0.25, -0.2) is 4.79 Å². The Hall–Kier alpha value is -1.71. The molecule has 0 aliphatic carbocycles. The molecule has 1 rings (SSSR count). The molecule has 0 unspecified atom stereocenters. The molecule has 0 aromatic carbocycles. The zero-order valence-corrected chi connectivity index (χ0v) is 8.98. The van der Waals surface area contributed by atoms with Gasteiger partial charge in [-0.1, -0.05) is 0 Å². The molecule has 1 aromatic heterocycles. The van der Waals surface area contributed by atoms with E-state index in [9.17, 15) is 9.59 Å². The number of carbonyl (C=O) groups is 2. The van der Waals surface area contributed by atoms with E-state index in [1.54, 1.807) is 26.8 Å². The number of ether oxygens (including phenoxy) is 1.